The zero-order chi connectivity index (χ0) is 22.5. The Hall–Kier alpha value is -2.54. The summed E-state index contributed by atoms with van der Waals surface area (Å²) in [6.45, 7) is 7.89. The number of anilines is 1. The van der Waals surface area contributed by atoms with Gasteiger partial charge in [-0.15, -0.1) is 0 Å². The van der Waals surface area contributed by atoms with Gasteiger partial charge in [-0.25, -0.2) is 8.42 Å². The van der Waals surface area contributed by atoms with Crippen LogP contribution in [0.1, 0.15) is 49.4 Å². The third-order valence-corrected chi connectivity index (χ3v) is 6.49. The minimum absolute atomic E-state index is 0.192. The molecule has 0 aromatic heterocycles. The molecule has 1 amide bonds. The van der Waals surface area contributed by atoms with E-state index in [0.29, 0.717) is 24.3 Å². The van der Waals surface area contributed by atoms with Crippen LogP contribution >= 0.6 is 0 Å². The predicted octanol–water partition coefficient (Wildman–Crippen LogP) is 4.12. The summed E-state index contributed by atoms with van der Waals surface area (Å²) in [7, 11) is -2.14. The highest BCUT2D eigenvalue weighted by molar-refractivity contribution is 7.92. The van der Waals surface area contributed by atoms with E-state index in [1.54, 1.807) is 31.4 Å². The van der Waals surface area contributed by atoms with E-state index in [1.807, 2.05) is 39.8 Å². The van der Waals surface area contributed by atoms with Gasteiger partial charge in [0, 0.05) is 0 Å². The van der Waals surface area contributed by atoms with Gasteiger partial charge in [-0.2, -0.15) is 0 Å². The molecule has 2 aromatic rings. The van der Waals surface area contributed by atoms with Crippen molar-refractivity contribution in [3.63, 3.8) is 0 Å². The molecule has 6 nitrogen and oxygen atoms in total. The fourth-order valence-electron chi connectivity index (χ4n) is 3.46. The summed E-state index contributed by atoms with van der Waals surface area (Å²) in [5, 5.41) is 3.06. The average Bonchev–Trinajstić information content (AvgIpc) is 2.71. The van der Waals surface area contributed by atoms with Crippen molar-refractivity contribution in [1.82, 2.24) is 5.32 Å². The van der Waals surface area contributed by atoms with Gasteiger partial charge in [0.05, 0.1) is 25.1 Å². The minimum atomic E-state index is -3.68. The lowest BCUT2D eigenvalue weighted by Crippen LogP contribution is -2.50. The van der Waals surface area contributed by atoms with Crippen LogP contribution in [0.2, 0.25) is 0 Å². The molecule has 0 spiro atoms. The summed E-state index contributed by atoms with van der Waals surface area (Å²) < 4.78 is 31.6. The van der Waals surface area contributed by atoms with E-state index >= 15 is 0 Å². The Kier molecular flexibility index (Phi) is 7.89. The lowest BCUT2D eigenvalue weighted by Gasteiger charge is -2.31. The topological polar surface area (TPSA) is 75.7 Å². The first-order valence-corrected chi connectivity index (χ1v) is 12.0. The Morgan fingerprint density at radius 1 is 1.03 bits per heavy atom. The molecule has 0 unspecified atom stereocenters. The van der Waals surface area contributed by atoms with Crippen LogP contribution in [0.4, 0.5) is 5.69 Å². The first-order valence-electron chi connectivity index (χ1n) is 10.1. The Labute approximate surface area is 180 Å². The quantitative estimate of drug-likeness (QED) is 0.647. The Bertz CT molecular complexity index is 971. The third kappa shape index (κ3) is 5.53. The van der Waals surface area contributed by atoms with Crippen molar-refractivity contribution < 1.29 is 17.9 Å². The number of amides is 1. The summed E-state index contributed by atoms with van der Waals surface area (Å²) in [6, 6.07) is 11.7. The monoisotopic (exact) mass is 432 g/mol. The summed E-state index contributed by atoms with van der Waals surface area (Å²) in [6.07, 6.45) is 2.16. The number of aryl methyl sites for hydroxylation is 2. The molecule has 1 N–H and O–H groups in total. The van der Waals surface area contributed by atoms with E-state index in [9.17, 15) is 13.2 Å². The van der Waals surface area contributed by atoms with E-state index in [2.05, 4.69) is 11.4 Å². The van der Waals surface area contributed by atoms with Crippen molar-refractivity contribution in [2.75, 3.05) is 17.7 Å². The third-order valence-electron chi connectivity index (χ3n) is 5.31. The number of sulfonamides is 1. The van der Waals surface area contributed by atoms with Crippen molar-refractivity contribution >= 4 is 21.6 Å². The molecule has 0 aliphatic carbocycles. The van der Waals surface area contributed by atoms with Crippen LogP contribution in [0.25, 0.3) is 0 Å². The molecule has 0 saturated carbocycles. The molecule has 30 heavy (non-hydrogen) atoms. The van der Waals surface area contributed by atoms with Gasteiger partial charge in [0.1, 0.15) is 11.8 Å². The average molecular weight is 433 g/mol. The zero-order valence-corrected chi connectivity index (χ0v) is 19.4. The molecule has 7 heteroatoms. The number of carbonyl (C=O) groups is 1. The van der Waals surface area contributed by atoms with Gasteiger partial charge in [-0.05, 0) is 67.6 Å². The van der Waals surface area contributed by atoms with Gasteiger partial charge >= 0.3 is 0 Å². The SMILES string of the molecule is CC[C@H](NC(=O)[C@@H](CC)N(c1ccc(OC)cc1)S(C)(=O)=O)c1ccc(C)c(C)c1. The standard InChI is InChI=1S/C23H32N2O4S/c1-7-21(18-10-9-16(3)17(4)15-18)24-23(26)22(8-2)25(30(6,27)28)19-11-13-20(29-5)14-12-19/h9-15,21-22H,7-8H2,1-6H3,(H,24,26)/t21-,22+/m0/s1. The van der Waals surface area contributed by atoms with Gasteiger partial charge in [-0.1, -0.05) is 32.0 Å². The van der Waals surface area contributed by atoms with Crippen LogP contribution in [-0.4, -0.2) is 33.7 Å². The lowest BCUT2D eigenvalue weighted by atomic mass is 9.99. The highest BCUT2D eigenvalue weighted by Crippen LogP contribution is 2.26. The maximum Gasteiger partial charge on any atom is 0.244 e. The van der Waals surface area contributed by atoms with Gasteiger partial charge in [0.2, 0.25) is 15.9 Å². The van der Waals surface area contributed by atoms with Crippen LogP contribution < -0.4 is 14.4 Å². The number of hydrogen-bond donors (Lipinski definition) is 1. The van der Waals surface area contributed by atoms with Gasteiger partial charge < -0.3 is 10.1 Å². The number of rotatable bonds is 9. The van der Waals surface area contributed by atoms with E-state index in [1.165, 1.54) is 9.87 Å². The number of benzene rings is 2. The molecular weight excluding hydrogens is 400 g/mol. The second kappa shape index (κ2) is 9.98. The first kappa shape index (κ1) is 23.7. The van der Waals surface area contributed by atoms with E-state index in [0.717, 1.165) is 17.4 Å². The minimum Gasteiger partial charge on any atom is -0.497 e. The van der Waals surface area contributed by atoms with Crippen LogP contribution in [0.15, 0.2) is 42.5 Å². The van der Waals surface area contributed by atoms with Crippen molar-refractivity contribution in [1.29, 1.82) is 0 Å². The van der Waals surface area contributed by atoms with Crippen LogP contribution in [0.3, 0.4) is 0 Å². The Balaban J connectivity index is 2.35. The van der Waals surface area contributed by atoms with Gasteiger partial charge in [0.15, 0.2) is 0 Å². The second-order valence-corrected chi connectivity index (χ2v) is 9.35. The molecule has 2 atom stereocenters. The van der Waals surface area contributed by atoms with Gasteiger partial charge in [-0.3, -0.25) is 9.10 Å². The molecule has 0 saturated heterocycles. The van der Waals surface area contributed by atoms with Crippen molar-refractivity contribution in [2.45, 2.75) is 52.6 Å². The lowest BCUT2D eigenvalue weighted by molar-refractivity contribution is -0.123. The van der Waals surface area contributed by atoms with E-state index in [4.69, 9.17) is 4.74 Å². The summed E-state index contributed by atoms with van der Waals surface area (Å²) in [5.74, 6) is 0.300. The number of methoxy groups -OCH3 is 1. The number of nitrogens with zero attached hydrogens (tertiary/aromatic N) is 1. The van der Waals surface area contributed by atoms with E-state index < -0.39 is 16.1 Å². The fourth-order valence-corrected chi connectivity index (χ4v) is 4.67. The molecule has 164 valence electrons. The summed E-state index contributed by atoms with van der Waals surface area (Å²) in [4.78, 5) is 13.2. The fraction of sp³-hybridized carbons (Fsp3) is 0.435. The smallest absolute Gasteiger partial charge is 0.244 e. The highest BCUT2D eigenvalue weighted by atomic mass is 32.2. The van der Waals surface area contributed by atoms with Crippen molar-refractivity contribution in [3.8, 4) is 5.75 Å². The zero-order valence-electron chi connectivity index (χ0n) is 18.6. The molecule has 2 aromatic carbocycles. The summed E-state index contributed by atoms with van der Waals surface area (Å²) in [5.41, 5.74) is 3.79. The Morgan fingerprint density at radius 2 is 1.67 bits per heavy atom. The predicted molar refractivity (Wildman–Crippen MR) is 121 cm³/mol. The van der Waals surface area contributed by atoms with Crippen molar-refractivity contribution in [2.24, 2.45) is 0 Å². The molecule has 0 fully saturated rings. The van der Waals surface area contributed by atoms with Crippen LogP contribution in [0, 0.1) is 13.8 Å². The number of ether oxygens (including phenoxy) is 1. The molecule has 0 radical (unpaired) electrons. The first-order chi connectivity index (χ1) is 14.1. The summed E-state index contributed by atoms with van der Waals surface area (Å²) >= 11 is 0. The van der Waals surface area contributed by atoms with Gasteiger partial charge in [0.25, 0.3) is 0 Å². The molecule has 0 heterocycles. The maximum absolute atomic E-state index is 13.2. The molecule has 0 aliphatic rings. The Morgan fingerprint density at radius 3 is 2.13 bits per heavy atom. The second-order valence-electron chi connectivity index (χ2n) is 7.49. The molecular formula is C23H32N2O4S. The number of carbonyl (C=O) groups excluding carboxylic acids is 1. The molecule has 0 aliphatic heterocycles. The number of nitrogens with one attached hydrogen (secondary N) is 1. The molecule has 2 rings (SSSR count). The largest absolute Gasteiger partial charge is 0.497 e. The van der Waals surface area contributed by atoms with E-state index in [-0.39, 0.29) is 11.9 Å². The van der Waals surface area contributed by atoms with Crippen molar-refractivity contribution in [3.05, 3.63) is 59.2 Å². The normalized spacial score (nSPS) is 13.4. The van der Waals surface area contributed by atoms with Crippen LogP contribution in [-0.2, 0) is 14.8 Å². The van der Waals surface area contributed by atoms with Crippen LogP contribution in [0.5, 0.6) is 5.75 Å². The number of hydrogen-bond acceptors (Lipinski definition) is 4. The molecule has 0 bridgehead atoms. The highest BCUT2D eigenvalue weighted by Gasteiger charge is 2.32. The maximum atomic E-state index is 13.2.